The van der Waals surface area contributed by atoms with Crippen molar-refractivity contribution in [3.05, 3.63) is 0 Å². The van der Waals surface area contributed by atoms with E-state index in [0.717, 1.165) is 13.0 Å². The maximum absolute atomic E-state index is 11.7. The highest BCUT2D eigenvalue weighted by atomic mass is 16.6. The molecule has 1 unspecified atom stereocenters. The molecule has 0 aromatic rings. The van der Waals surface area contributed by atoms with Gasteiger partial charge in [0.1, 0.15) is 5.60 Å². The average molecular weight is 256 g/mol. The minimum Gasteiger partial charge on any atom is -0.444 e. The molecule has 1 heterocycles. The number of nitrogens with zero attached hydrogens (tertiary/aromatic N) is 1. The molecule has 0 radical (unpaired) electrons. The predicted molar refractivity (Wildman–Crippen MR) is 69.3 cm³/mol. The van der Waals surface area contributed by atoms with Crippen molar-refractivity contribution in [2.45, 2.75) is 58.6 Å². The van der Waals surface area contributed by atoms with Crippen molar-refractivity contribution in [1.29, 1.82) is 0 Å². The molecule has 2 amide bonds. The van der Waals surface area contributed by atoms with Gasteiger partial charge in [0, 0.05) is 25.6 Å². The first kappa shape index (κ1) is 14.8. The molecule has 0 aromatic heterocycles. The molecule has 1 aliphatic rings. The van der Waals surface area contributed by atoms with Crippen LogP contribution in [0, 0.1) is 0 Å². The predicted octanol–water partition coefficient (Wildman–Crippen LogP) is 1.91. The summed E-state index contributed by atoms with van der Waals surface area (Å²) in [4.78, 5) is 24.9. The summed E-state index contributed by atoms with van der Waals surface area (Å²) in [5.41, 5.74) is -0.479. The van der Waals surface area contributed by atoms with Crippen LogP contribution < -0.4 is 5.32 Å². The summed E-state index contributed by atoms with van der Waals surface area (Å²) < 4.78 is 5.10. The van der Waals surface area contributed by atoms with Crippen molar-refractivity contribution >= 4 is 12.0 Å². The lowest BCUT2D eigenvalue weighted by atomic mass is 10.0. The van der Waals surface area contributed by atoms with Crippen LogP contribution in [0.5, 0.6) is 0 Å². The third-order valence-electron chi connectivity index (χ3n) is 2.88. The number of ether oxygens (including phenoxy) is 1. The molecule has 0 saturated carbocycles. The highest BCUT2D eigenvalue weighted by Crippen LogP contribution is 2.17. The fourth-order valence-electron chi connectivity index (χ4n) is 1.77. The van der Waals surface area contributed by atoms with Crippen molar-refractivity contribution in [2.75, 3.05) is 13.1 Å². The lowest BCUT2D eigenvalue weighted by molar-refractivity contribution is -0.138. The summed E-state index contributed by atoms with van der Waals surface area (Å²) in [6.45, 7) is 8.87. The highest BCUT2D eigenvalue weighted by molar-refractivity contribution is 5.77. The van der Waals surface area contributed by atoms with E-state index in [0.29, 0.717) is 25.4 Å². The van der Waals surface area contributed by atoms with E-state index in [9.17, 15) is 9.59 Å². The Labute approximate surface area is 109 Å². The smallest absolute Gasteiger partial charge is 0.407 e. The van der Waals surface area contributed by atoms with E-state index in [1.165, 1.54) is 0 Å². The zero-order valence-corrected chi connectivity index (χ0v) is 11.8. The molecule has 0 aliphatic carbocycles. The number of carbonyl (C=O) groups excluding carboxylic acids is 2. The van der Waals surface area contributed by atoms with E-state index in [1.54, 1.807) is 0 Å². The molecule has 1 N–H and O–H groups in total. The van der Waals surface area contributed by atoms with Crippen LogP contribution in [-0.2, 0) is 9.53 Å². The van der Waals surface area contributed by atoms with Gasteiger partial charge >= 0.3 is 6.09 Å². The van der Waals surface area contributed by atoms with Crippen LogP contribution in [0.1, 0.15) is 47.0 Å². The number of nitrogens with one attached hydrogen (secondary N) is 1. The van der Waals surface area contributed by atoms with E-state index >= 15 is 0 Å². The number of hydrogen-bond acceptors (Lipinski definition) is 3. The van der Waals surface area contributed by atoms with Crippen LogP contribution in [-0.4, -0.2) is 41.6 Å². The number of rotatable bonds is 4. The van der Waals surface area contributed by atoms with E-state index in [2.05, 4.69) is 12.2 Å². The number of amides is 2. The van der Waals surface area contributed by atoms with Crippen LogP contribution in [0.25, 0.3) is 0 Å². The Kier molecular flexibility index (Phi) is 4.99. The molecule has 1 aliphatic heterocycles. The first-order valence-electron chi connectivity index (χ1n) is 6.56. The molecule has 1 saturated heterocycles. The lowest BCUT2D eigenvalue weighted by Gasteiger charge is -2.38. The van der Waals surface area contributed by atoms with E-state index < -0.39 is 11.7 Å². The van der Waals surface area contributed by atoms with Gasteiger partial charge in [0.25, 0.3) is 0 Å². The topological polar surface area (TPSA) is 58.6 Å². The second kappa shape index (κ2) is 6.07. The van der Waals surface area contributed by atoms with Crippen molar-refractivity contribution < 1.29 is 14.3 Å². The molecular formula is C13H24N2O3. The Hall–Kier alpha value is -1.26. The van der Waals surface area contributed by atoms with Gasteiger partial charge in [-0.3, -0.25) is 4.79 Å². The minimum absolute atomic E-state index is 0.180. The molecule has 104 valence electrons. The van der Waals surface area contributed by atoms with Gasteiger partial charge in [-0.2, -0.15) is 0 Å². The van der Waals surface area contributed by atoms with Crippen molar-refractivity contribution in [3.8, 4) is 0 Å². The molecular weight excluding hydrogens is 232 g/mol. The first-order valence-corrected chi connectivity index (χ1v) is 6.56. The molecule has 18 heavy (non-hydrogen) atoms. The van der Waals surface area contributed by atoms with Crippen molar-refractivity contribution in [2.24, 2.45) is 0 Å². The van der Waals surface area contributed by atoms with Crippen molar-refractivity contribution in [3.63, 3.8) is 0 Å². The number of alkyl carbamates (subject to hydrolysis) is 1. The van der Waals surface area contributed by atoms with Gasteiger partial charge in [0.2, 0.25) is 5.91 Å². The Bertz CT molecular complexity index is 310. The number of carbonyl (C=O) groups is 2. The molecule has 1 fully saturated rings. The third-order valence-corrected chi connectivity index (χ3v) is 2.88. The lowest BCUT2D eigenvalue weighted by Crippen LogP contribution is -2.49. The first-order chi connectivity index (χ1) is 8.29. The Morgan fingerprint density at radius 2 is 2.06 bits per heavy atom. The van der Waals surface area contributed by atoms with Crippen LogP contribution in [0.15, 0.2) is 0 Å². The second-order valence-electron chi connectivity index (χ2n) is 5.76. The van der Waals surface area contributed by atoms with E-state index in [1.807, 2.05) is 25.7 Å². The summed E-state index contributed by atoms with van der Waals surface area (Å²) in [5.74, 6) is 0.180. The molecule has 5 heteroatoms. The molecule has 5 nitrogen and oxygen atoms in total. The third kappa shape index (κ3) is 4.94. The van der Waals surface area contributed by atoms with Gasteiger partial charge in [-0.05, 0) is 40.5 Å². The maximum Gasteiger partial charge on any atom is 0.407 e. The minimum atomic E-state index is -0.479. The van der Waals surface area contributed by atoms with Crippen LogP contribution in [0.3, 0.4) is 0 Å². The summed E-state index contributed by atoms with van der Waals surface area (Å²) in [6, 6.07) is 0.385. The standard InChI is InChI=1S/C13H24N2O3/c1-10-7-9-15(10)11(16)6-5-8-14-12(17)18-13(2,3)4/h10H,5-9H2,1-4H3,(H,14,17). The summed E-state index contributed by atoms with van der Waals surface area (Å²) in [7, 11) is 0. The average Bonchev–Trinajstić information content (AvgIpc) is 2.19. The van der Waals surface area contributed by atoms with E-state index in [-0.39, 0.29) is 5.91 Å². The van der Waals surface area contributed by atoms with Crippen LogP contribution >= 0.6 is 0 Å². The van der Waals surface area contributed by atoms with Gasteiger partial charge in [0.05, 0.1) is 0 Å². The monoisotopic (exact) mass is 256 g/mol. The van der Waals surface area contributed by atoms with Gasteiger partial charge in [0.15, 0.2) is 0 Å². The Morgan fingerprint density at radius 3 is 2.50 bits per heavy atom. The molecule has 0 spiro atoms. The Morgan fingerprint density at radius 1 is 1.39 bits per heavy atom. The largest absolute Gasteiger partial charge is 0.444 e. The fraction of sp³-hybridized carbons (Fsp3) is 0.846. The van der Waals surface area contributed by atoms with Gasteiger partial charge in [-0.1, -0.05) is 0 Å². The Balaban J connectivity index is 2.08. The number of hydrogen-bond donors (Lipinski definition) is 1. The summed E-state index contributed by atoms with van der Waals surface area (Å²) in [5, 5.41) is 2.65. The number of likely N-dealkylation sites (tertiary alicyclic amines) is 1. The van der Waals surface area contributed by atoms with Crippen LogP contribution in [0.2, 0.25) is 0 Å². The van der Waals surface area contributed by atoms with Gasteiger partial charge in [-0.15, -0.1) is 0 Å². The van der Waals surface area contributed by atoms with Gasteiger partial charge in [-0.25, -0.2) is 4.79 Å². The zero-order chi connectivity index (χ0) is 13.8. The fourth-order valence-corrected chi connectivity index (χ4v) is 1.77. The molecule has 0 bridgehead atoms. The summed E-state index contributed by atoms with van der Waals surface area (Å²) >= 11 is 0. The molecule has 1 atom stereocenters. The SMILES string of the molecule is CC1CCN1C(=O)CCCNC(=O)OC(C)(C)C. The van der Waals surface area contributed by atoms with Crippen LogP contribution in [0.4, 0.5) is 4.79 Å². The summed E-state index contributed by atoms with van der Waals surface area (Å²) in [6.07, 6.45) is 1.82. The van der Waals surface area contributed by atoms with Gasteiger partial charge < -0.3 is 15.0 Å². The zero-order valence-electron chi connectivity index (χ0n) is 11.8. The normalized spacial score (nSPS) is 19.1. The highest BCUT2D eigenvalue weighted by Gasteiger charge is 2.27. The van der Waals surface area contributed by atoms with Crippen molar-refractivity contribution in [1.82, 2.24) is 10.2 Å². The maximum atomic E-state index is 11.7. The molecule has 1 rings (SSSR count). The van der Waals surface area contributed by atoms with E-state index in [4.69, 9.17) is 4.74 Å². The second-order valence-corrected chi connectivity index (χ2v) is 5.76. The molecule has 0 aromatic carbocycles. The quantitative estimate of drug-likeness (QED) is 0.782.